The SMILES string of the molecule is CC(Oc1ccc(O)cc1)C(=O)N1CCCN(C(=O)c2ccc3nc[nH]c3c2)CC1. The predicted molar refractivity (Wildman–Crippen MR) is 111 cm³/mol. The number of phenolic OH excluding ortho intramolecular Hbond substituents is 1. The zero-order valence-corrected chi connectivity index (χ0v) is 16.7. The average Bonchev–Trinajstić information content (AvgIpc) is 3.09. The number of fused-ring (bicyclic) bond motifs is 1. The Kier molecular flexibility index (Phi) is 5.56. The number of ether oxygens (including phenoxy) is 1. The first kappa shape index (κ1) is 19.8. The zero-order chi connectivity index (χ0) is 21.1. The van der Waals surface area contributed by atoms with Crippen molar-refractivity contribution in [1.82, 2.24) is 19.8 Å². The van der Waals surface area contributed by atoms with Crippen molar-refractivity contribution in [1.29, 1.82) is 0 Å². The molecule has 3 aromatic rings. The molecular formula is C22H24N4O4. The van der Waals surface area contributed by atoms with Gasteiger partial charge < -0.3 is 24.6 Å². The molecule has 1 aliphatic rings. The molecule has 2 N–H and O–H groups in total. The Morgan fingerprint density at radius 1 is 1.07 bits per heavy atom. The van der Waals surface area contributed by atoms with Gasteiger partial charge in [-0.2, -0.15) is 0 Å². The molecular weight excluding hydrogens is 384 g/mol. The van der Waals surface area contributed by atoms with E-state index in [0.717, 1.165) is 11.0 Å². The minimum atomic E-state index is -0.653. The average molecular weight is 408 g/mol. The highest BCUT2D eigenvalue weighted by molar-refractivity contribution is 5.97. The molecule has 0 radical (unpaired) electrons. The van der Waals surface area contributed by atoms with Crippen molar-refractivity contribution in [3.63, 3.8) is 0 Å². The molecule has 1 saturated heterocycles. The van der Waals surface area contributed by atoms with E-state index in [0.29, 0.717) is 43.9 Å². The molecule has 0 aliphatic carbocycles. The van der Waals surface area contributed by atoms with Crippen LogP contribution in [0.5, 0.6) is 11.5 Å². The predicted octanol–water partition coefficient (Wildman–Crippen LogP) is 2.41. The summed E-state index contributed by atoms with van der Waals surface area (Å²) < 4.78 is 5.71. The second kappa shape index (κ2) is 8.44. The highest BCUT2D eigenvalue weighted by Gasteiger charge is 2.26. The number of rotatable bonds is 4. The lowest BCUT2D eigenvalue weighted by molar-refractivity contribution is -0.137. The van der Waals surface area contributed by atoms with Crippen molar-refractivity contribution in [2.45, 2.75) is 19.4 Å². The first-order chi connectivity index (χ1) is 14.5. The number of aromatic amines is 1. The van der Waals surface area contributed by atoms with Crippen LogP contribution < -0.4 is 4.74 Å². The van der Waals surface area contributed by atoms with Gasteiger partial charge in [0.1, 0.15) is 11.5 Å². The molecule has 1 atom stereocenters. The summed E-state index contributed by atoms with van der Waals surface area (Å²) >= 11 is 0. The quantitative estimate of drug-likeness (QED) is 0.691. The summed E-state index contributed by atoms with van der Waals surface area (Å²) in [6, 6.07) is 11.7. The van der Waals surface area contributed by atoms with Gasteiger partial charge in [0.05, 0.1) is 17.4 Å². The van der Waals surface area contributed by atoms with Crippen molar-refractivity contribution in [3.05, 3.63) is 54.4 Å². The minimum Gasteiger partial charge on any atom is -0.508 e. The highest BCUT2D eigenvalue weighted by atomic mass is 16.5. The van der Waals surface area contributed by atoms with Crippen LogP contribution >= 0.6 is 0 Å². The second-order valence-corrected chi connectivity index (χ2v) is 7.36. The third kappa shape index (κ3) is 4.22. The molecule has 0 bridgehead atoms. The lowest BCUT2D eigenvalue weighted by Crippen LogP contribution is -2.43. The van der Waals surface area contributed by atoms with E-state index in [1.807, 2.05) is 12.1 Å². The van der Waals surface area contributed by atoms with E-state index in [-0.39, 0.29) is 17.6 Å². The van der Waals surface area contributed by atoms with Crippen LogP contribution in [0.2, 0.25) is 0 Å². The lowest BCUT2D eigenvalue weighted by Gasteiger charge is -2.25. The molecule has 1 aliphatic heterocycles. The highest BCUT2D eigenvalue weighted by Crippen LogP contribution is 2.19. The third-order valence-corrected chi connectivity index (χ3v) is 5.26. The molecule has 0 spiro atoms. The zero-order valence-electron chi connectivity index (χ0n) is 16.7. The number of carbonyl (C=O) groups is 2. The fourth-order valence-corrected chi connectivity index (χ4v) is 3.63. The van der Waals surface area contributed by atoms with Crippen molar-refractivity contribution >= 4 is 22.8 Å². The van der Waals surface area contributed by atoms with Crippen molar-refractivity contribution in [2.24, 2.45) is 0 Å². The molecule has 0 saturated carbocycles. The van der Waals surface area contributed by atoms with Crippen LogP contribution in [0.3, 0.4) is 0 Å². The topological polar surface area (TPSA) is 98.8 Å². The molecule has 4 rings (SSSR count). The molecule has 2 aromatic carbocycles. The Morgan fingerprint density at radius 3 is 2.60 bits per heavy atom. The fourth-order valence-electron chi connectivity index (χ4n) is 3.63. The van der Waals surface area contributed by atoms with E-state index in [2.05, 4.69) is 9.97 Å². The normalized spacial score (nSPS) is 15.6. The summed E-state index contributed by atoms with van der Waals surface area (Å²) in [6.07, 6.45) is 1.66. The molecule has 30 heavy (non-hydrogen) atoms. The van der Waals surface area contributed by atoms with E-state index in [4.69, 9.17) is 4.74 Å². The van der Waals surface area contributed by atoms with Gasteiger partial charge in [0.25, 0.3) is 11.8 Å². The summed E-state index contributed by atoms with van der Waals surface area (Å²) in [4.78, 5) is 36.5. The van der Waals surface area contributed by atoms with Gasteiger partial charge in [-0.1, -0.05) is 0 Å². The van der Waals surface area contributed by atoms with E-state index in [1.54, 1.807) is 41.2 Å². The Bertz CT molecular complexity index is 1050. The molecule has 1 aromatic heterocycles. The lowest BCUT2D eigenvalue weighted by atomic mass is 10.1. The summed E-state index contributed by atoms with van der Waals surface area (Å²) in [7, 11) is 0. The van der Waals surface area contributed by atoms with Gasteiger partial charge in [0.2, 0.25) is 0 Å². The number of amides is 2. The number of aromatic hydroxyl groups is 1. The monoisotopic (exact) mass is 408 g/mol. The summed E-state index contributed by atoms with van der Waals surface area (Å²) in [6.45, 7) is 3.81. The Hall–Kier alpha value is -3.55. The van der Waals surface area contributed by atoms with Crippen LogP contribution in [-0.2, 0) is 4.79 Å². The maximum Gasteiger partial charge on any atom is 0.263 e. The molecule has 1 unspecified atom stereocenters. The number of H-pyrrole nitrogens is 1. The molecule has 8 nitrogen and oxygen atoms in total. The number of nitrogens with one attached hydrogen (secondary N) is 1. The van der Waals surface area contributed by atoms with Crippen LogP contribution in [-0.4, -0.2) is 69.0 Å². The number of phenols is 1. The van der Waals surface area contributed by atoms with Gasteiger partial charge in [-0.05, 0) is 55.8 Å². The van der Waals surface area contributed by atoms with Gasteiger partial charge in [0, 0.05) is 31.7 Å². The van der Waals surface area contributed by atoms with Crippen LogP contribution in [0, 0.1) is 0 Å². The molecule has 2 amide bonds. The number of hydrogen-bond acceptors (Lipinski definition) is 5. The first-order valence-corrected chi connectivity index (χ1v) is 9.98. The standard InChI is InChI=1S/C22H24N4O4/c1-15(30-18-6-4-17(27)5-7-18)21(28)25-9-2-10-26(12-11-25)22(29)16-3-8-19-20(13-16)24-14-23-19/h3-8,13-15,27H,2,9-12H2,1H3,(H,23,24). The largest absolute Gasteiger partial charge is 0.508 e. The van der Waals surface area contributed by atoms with Gasteiger partial charge in [-0.3, -0.25) is 9.59 Å². The van der Waals surface area contributed by atoms with Crippen LogP contribution in [0.25, 0.3) is 11.0 Å². The number of benzene rings is 2. The Morgan fingerprint density at radius 2 is 1.80 bits per heavy atom. The minimum absolute atomic E-state index is 0.0470. The van der Waals surface area contributed by atoms with Gasteiger partial charge >= 0.3 is 0 Å². The Balaban J connectivity index is 1.37. The summed E-state index contributed by atoms with van der Waals surface area (Å²) in [5.41, 5.74) is 2.25. The summed E-state index contributed by atoms with van der Waals surface area (Å²) in [5.74, 6) is 0.505. The first-order valence-electron chi connectivity index (χ1n) is 9.98. The van der Waals surface area contributed by atoms with Crippen molar-refractivity contribution in [2.75, 3.05) is 26.2 Å². The fraction of sp³-hybridized carbons (Fsp3) is 0.318. The third-order valence-electron chi connectivity index (χ3n) is 5.26. The molecule has 1 fully saturated rings. The van der Waals surface area contributed by atoms with E-state index < -0.39 is 6.10 Å². The summed E-state index contributed by atoms with van der Waals surface area (Å²) in [5, 5.41) is 9.36. The van der Waals surface area contributed by atoms with Crippen molar-refractivity contribution in [3.8, 4) is 11.5 Å². The van der Waals surface area contributed by atoms with Gasteiger partial charge in [0.15, 0.2) is 6.10 Å². The maximum absolute atomic E-state index is 12.9. The van der Waals surface area contributed by atoms with Gasteiger partial charge in [-0.15, -0.1) is 0 Å². The van der Waals surface area contributed by atoms with E-state index >= 15 is 0 Å². The number of imidazole rings is 1. The number of aromatic nitrogens is 2. The second-order valence-electron chi connectivity index (χ2n) is 7.36. The van der Waals surface area contributed by atoms with Crippen LogP contribution in [0.1, 0.15) is 23.7 Å². The number of nitrogens with zero attached hydrogens (tertiary/aromatic N) is 3. The van der Waals surface area contributed by atoms with Crippen LogP contribution in [0.4, 0.5) is 0 Å². The molecule has 2 heterocycles. The maximum atomic E-state index is 12.9. The molecule has 156 valence electrons. The Labute approximate surface area is 174 Å². The van der Waals surface area contributed by atoms with E-state index in [9.17, 15) is 14.7 Å². The number of hydrogen-bond donors (Lipinski definition) is 2. The van der Waals surface area contributed by atoms with Crippen LogP contribution in [0.15, 0.2) is 48.8 Å². The van der Waals surface area contributed by atoms with E-state index in [1.165, 1.54) is 12.1 Å². The van der Waals surface area contributed by atoms with Gasteiger partial charge in [-0.25, -0.2) is 4.98 Å². The molecule has 8 heteroatoms. The smallest absolute Gasteiger partial charge is 0.263 e. The van der Waals surface area contributed by atoms with Crippen molar-refractivity contribution < 1.29 is 19.4 Å². The number of carbonyl (C=O) groups excluding carboxylic acids is 2.